The van der Waals surface area contributed by atoms with Crippen molar-refractivity contribution >= 4 is 0 Å². The Morgan fingerprint density at radius 1 is 1.31 bits per heavy atom. The van der Waals surface area contributed by atoms with E-state index in [0.717, 1.165) is 31.4 Å². The normalized spacial score (nSPS) is 25.4. The van der Waals surface area contributed by atoms with Gasteiger partial charge in [-0.1, -0.05) is 0 Å². The lowest BCUT2D eigenvalue weighted by molar-refractivity contribution is 0.181. The highest BCUT2D eigenvalue weighted by Crippen LogP contribution is 2.34. The quantitative estimate of drug-likeness (QED) is 0.846. The van der Waals surface area contributed by atoms with E-state index < -0.39 is 0 Å². The molecule has 0 radical (unpaired) electrons. The van der Waals surface area contributed by atoms with Crippen molar-refractivity contribution < 1.29 is 9.84 Å². The summed E-state index contributed by atoms with van der Waals surface area (Å²) in [6.07, 6.45) is 7.80. The number of ether oxygens (including phenoxy) is 1. The smallest absolute Gasteiger partial charge is 0.232 e. The van der Waals surface area contributed by atoms with Crippen LogP contribution in [0.3, 0.4) is 0 Å². The van der Waals surface area contributed by atoms with Crippen molar-refractivity contribution in [3.63, 3.8) is 0 Å². The second-order valence-corrected chi connectivity index (χ2v) is 4.39. The number of methoxy groups -OCH3 is 1. The zero-order valence-electron chi connectivity index (χ0n) is 9.59. The monoisotopic (exact) mass is 222 g/mol. The van der Waals surface area contributed by atoms with Crippen molar-refractivity contribution in [2.45, 2.75) is 31.6 Å². The van der Waals surface area contributed by atoms with Crippen LogP contribution in [0.1, 0.15) is 37.3 Å². The van der Waals surface area contributed by atoms with Crippen LogP contribution in [0.5, 0.6) is 5.88 Å². The first-order chi connectivity index (χ1) is 7.83. The van der Waals surface area contributed by atoms with Crippen molar-refractivity contribution in [3.8, 4) is 5.88 Å². The molecule has 0 aliphatic heterocycles. The standard InChI is InChI=1S/C12H18N2O2/c1-16-12-7-13-6-11(14-12)10-4-2-9(8-15)3-5-10/h6-7,9-10,15H,2-5,8H2,1H3. The second-order valence-electron chi connectivity index (χ2n) is 4.39. The molecule has 1 heterocycles. The molecule has 1 aromatic heterocycles. The van der Waals surface area contributed by atoms with Gasteiger partial charge >= 0.3 is 0 Å². The van der Waals surface area contributed by atoms with Gasteiger partial charge < -0.3 is 9.84 Å². The molecule has 1 N–H and O–H groups in total. The zero-order chi connectivity index (χ0) is 11.4. The third-order valence-electron chi connectivity index (χ3n) is 3.36. The van der Waals surface area contributed by atoms with E-state index in [4.69, 9.17) is 9.84 Å². The van der Waals surface area contributed by atoms with E-state index in [1.54, 1.807) is 13.3 Å². The summed E-state index contributed by atoms with van der Waals surface area (Å²) in [5, 5.41) is 9.08. The first-order valence-corrected chi connectivity index (χ1v) is 5.80. The van der Waals surface area contributed by atoms with Gasteiger partial charge in [0.05, 0.1) is 19.0 Å². The maximum Gasteiger partial charge on any atom is 0.232 e. The number of rotatable bonds is 3. The van der Waals surface area contributed by atoms with Crippen LogP contribution in [0.2, 0.25) is 0 Å². The summed E-state index contributed by atoms with van der Waals surface area (Å²) in [6.45, 7) is 0.316. The first kappa shape index (κ1) is 11.3. The molecular formula is C12H18N2O2. The number of hydrogen-bond donors (Lipinski definition) is 1. The summed E-state index contributed by atoms with van der Waals surface area (Å²) in [6, 6.07) is 0. The number of aliphatic hydroxyl groups is 1. The maximum atomic E-state index is 9.08. The molecule has 0 unspecified atom stereocenters. The Balaban J connectivity index is 2.02. The third-order valence-corrected chi connectivity index (χ3v) is 3.36. The molecular weight excluding hydrogens is 204 g/mol. The highest BCUT2D eigenvalue weighted by Gasteiger charge is 2.23. The van der Waals surface area contributed by atoms with Crippen molar-refractivity contribution in [1.29, 1.82) is 0 Å². The van der Waals surface area contributed by atoms with E-state index in [2.05, 4.69) is 9.97 Å². The van der Waals surface area contributed by atoms with Crippen LogP contribution in [0.25, 0.3) is 0 Å². The lowest BCUT2D eigenvalue weighted by atomic mass is 9.81. The minimum Gasteiger partial charge on any atom is -0.480 e. The average Bonchev–Trinajstić information content (AvgIpc) is 2.39. The molecule has 0 aromatic carbocycles. The number of aliphatic hydroxyl groups excluding tert-OH is 1. The molecule has 1 aromatic rings. The molecule has 2 rings (SSSR count). The van der Waals surface area contributed by atoms with Gasteiger partial charge in [-0.15, -0.1) is 0 Å². The van der Waals surface area contributed by atoms with Gasteiger partial charge in [-0.2, -0.15) is 0 Å². The molecule has 16 heavy (non-hydrogen) atoms. The molecule has 0 amide bonds. The topological polar surface area (TPSA) is 55.2 Å². The molecule has 4 heteroatoms. The van der Waals surface area contributed by atoms with Crippen molar-refractivity contribution in [2.75, 3.05) is 13.7 Å². The Labute approximate surface area is 95.7 Å². The van der Waals surface area contributed by atoms with Gasteiger partial charge in [0.2, 0.25) is 5.88 Å². The highest BCUT2D eigenvalue weighted by atomic mass is 16.5. The van der Waals surface area contributed by atoms with E-state index in [-0.39, 0.29) is 0 Å². The molecule has 0 spiro atoms. The van der Waals surface area contributed by atoms with Gasteiger partial charge in [-0.25, -0.2) is 4.98 Å². The molecule has 1 aliphatic carbocycles. The van der Waals surface area contributed by atoms with E-state index in [1.165, 1.54) is 0 Å². The lowest BCUT2D eigenvalue weighted by Gasteiger charge is -2.26. The molecule has 1 saturated carbocycles. The summed E-state index contributed by atoms with van der Waals surface area (Å²) in [4.78, 5) is 8.55. The molecule has 0 bridgehead atoms. The van der Waals surface area contributed by atoms with E-state index in [1.807, 2.05) is 6.20 Å². The first-order valence-electron chi connectivity index (χ1n) is 5.80. The molecule has 1 fully saturated rings. The van der Waals surface area contributed by atoms with E-state index in [9.17, 15) is 0 Å². The van der Waals surface area contributed by atoms with Gasteiger partial charge in [-0.3, -0.25) is 4.98 Å². The number of aromatic nitrogens is 2. The summed E-state index contributed by atoms with van der Waals surface area (Å²) in [5.41, 5.74) is 1.02. The van der Waals surface area contributed by atoms with Gasteiger partial charge in [0.15, 0.2) is 0 Å². The van der Waals surface area contributed by atoms with Crippen molar-refractivity contribution in [3.05, 3.63) is 18.1 Å². The summed E-state index contributed by atoms with van der Waals surface area (Å²) in [5.74, 6) is 1.54. The largest absolute Gasteiger partial charge is 0.480 e. The number of nitrogens with zero attached hydrogens (tertiary/aromatic N) is 2. The van der Waals surface area contributed by atoms with Crippen LogP contribution < -0.4 is 4.74 Å². The summed E-state index contributed by atoms with van der Waals surface area (Å²) in [7, 11) is 1.61. The van der Waals surface area contributed by atoms with E-state index >= 15 is 0 Å². The van der Waals surface area contributed by atoms with Gasteiger partial charge in [0.1, 0.15) is 0 Å². The average molecular weight is 222 g/mol. The van der Waals surface area contributed by atoms with Gasteiger partial charge in [0, 0.05) is 18.7 Å². The van der Waals surface area contributed by atoms with Crippen molar-refractivity contribution in [1.82, 2.24) is 9.97 Å². The van der Waals surface area contributed by atoms with Crippen LogP contribution in [-0.2, 0) is 0 Å². The molecule has 0 atom stereocenters. The Hall–Kier alpha value is -1.16. The Kier molecular flexibility index (Phi) is 3.72. The molecule has 88 valence electrons. The Morgan fingerprint density at radius 3 is 2.69 bits per heavy atom. The van der Waals surface area contributed by atoms with Crippen molar-refractivity contribution in [2.24, 2.45) is 5.92 Å². The Morgan fingerprint density at radius 2 is 2.06 bits per heavy atom. The SMILES string of the molecule is COc1cncc(C2CCC(CO)CC2)n1. The van der Waals surface area contributed by atoms with Gasteiger partial charge in [0.25, 0.3) is 0 Å². The lowest BCUT2D eigenvalue weighted by Crippen LogP contribution is -2.17. The third kappa shape index (κ3) is 2.50. The molecule has 4 nitrogen and oxygen atoms in total. The fourth-order valence-corrected chi connectivity index (χ4v) is 2.30. The van der Waals surface area contributed by atoms with Crippen LogP contribution in [-0.4, -0.2) is 28.8 Å². The fraction of sp³-hybridized carbons (Fsp3) is 0.667. The van der Waals surface area contributed by atoms with Crippen LogP contribution >= 0.6 is 0 Å². The maximum absolute atomic E-state index is 9.08. The van der Waals surface area contributed by atoms with Crippen LogP contribution in [0.15, 0.2) is 12.4 Å². The van der Waals surface area contributed by atoms with Crippen LogP contribution in [0.4, 0.5) is 0 Å². The van der Waals surface area contributed by atoms with Gasteiger partial charge in [-0.05, 0) is 31.6 Å². The second kappa shape index (κ2) is 5.25. The summed E-state index contributed by atoms with van der Waals surface area (Å²) >= 11 is 0. The predicted molar refractivity (Wildman–Crippen MR) is 60.4 cm³/mol. The summed E-state index contributed by atoms with van der Waals surface area (Å²) < 4.78 is 5.07. The van der Waals surface area contributed by atoms with E-state index in [0.29, 0.717) is 24.3 Å². The molecule has 0 saturated heterocycles. The predicted octanol–water partition coefficient (Wildman–Crippen LogP) is 1.75. The van der Waals surface area contributed by atoms with Crippen LogP contribution in [0, 0.1) is 5.92 Å². The zero-order valence-corrected chi connectivity index (χ0v) is 9.59. The number of hydrogen-bond acceptors (Lipinski definition) is 4. The minimum atomic E-state index is 0.316. The molecule has 1 aliphatic rings. The fourth-order valence-electron chi connectivity index (χ4n) is 2.30. The highest BCUT2D eigenvalue weighted by molar-refractivity contribution is 5.12. The Bertz CT molecular complexity index is 336. The minimum absolute atomic E-state index is 0.316.